The number of amides is 1. The number of sulfonamides is 1. The molecule has 1 N–H and O–H groups in total. The van der Waals surface area contributed by atoms with E-state index in [4.69, 9.17) is 9.26 Å². The number of nitrogens with zero attached hydrogens (tertiary/aromatic N) is 2. The minimum Gasteiger partial charge on any atom is -0.479 e. The molecule has 124 valence electrons. The van der Waals surface area contributed by atoms with Gasteiger partial charge in [-0.25, -0.2) is 13.1 Å². The molecular formula is C14H17N3O5S. The van der Waals surface area contributed by atoms with Gasteiger partial charge in [-0.05, 0) is 23.4 Å². The van der Waals surface area contributed by atoms with E-state index in [1.165, 1.54) is 36.3 Å². The van der Waals surface area contributed by atoms with Crippen molar-refractivity contribution >= 4 is 15.9 Å². The Kier molecular flexibility index (Phi) is 5.02. The van der Waals surface area contributed by atoms with Gasteiger partial charge in [-0.2, -0.15) is 0 Å². The van der Waals surface area contributed by atoms with Crippen LogP contribution in [-0.4, -0.2) is 45.6 Å². The van der Waals surface area contributed by atoms with Crippen molar-refractivity contribution in [3.05, 3.63) is 41.7 Å². The molecule has 9 heteroatoms. The lowest BCUT2D eigenvalue weighted by atomic mass is 10.2. The third-order valence-electron chi connectivity index (χ3n) is 2.98. The monoisotopic (exact) mass is 339 g/mol. The molecule has 0 radical (unpaired) electrons. The van der Waals surface area contributed by atoms with Gasteiger partial charge in [-0.1, -0.05) is 6.07 Å². The average Bonchev–Trinajstić information content (AvgIpc) is 3.00. The maximum atomic E-state index is 12.3. The van der Waals surface area contributed by atoms with Gasteiger partial charge >= 0.3 is 0 Å². The van der Waals surface area contributed by atoms with E-state index >= 15 is 0 Å². The number of nitrogens with one attached hydrogen (secondary N) is 1. The maximum Gasteiger partial charge on any atom is 0.254 e. The molecule has 2 aromatic rings. The Morgan fingerprint density at radius 2 is 2.09 bits per heavy atom. The lowest BCUT2D eigenvalue weighted by Gasteiger charge is -2.11. The summed E-state index contributed by atoms with van der Waals surface area (Å²) >= 11 is 0. The molecule has 23 heavy (non-hydrogen) atoms. The molecule has 0 fully saturated rings. The van der Waals surface area contributed by atoms with Crippen LogP contribution in [0, 0.1) is 0 Å². The van der Waals surface area contributed by atoms with Crippen LogP contribution in [0.15, 0.2) is 39.8 Å². The van der Waals surface area contributed by atoms with Gasteiger partial charge in [0.1, 0.15) is 0 Å². The minimum absolute atomic E-state index is 0.00307. The van der Waals surface area contributed by atoms with Crippen LogP contribution in [0.25, 0.3) is 0 Å². The standard InChI is InChI=1S/C14H17N3O5S/c1-17(2)14(18)10-5-4-6-12(7-10)23(19,20)15-9-11-8-13(21-3)16-22-11/h4-8,15H,9H2,1-3H3. The fourth-order valence-corrected chi connectivity index (χ4v) is 2.82. The van der Waals surface area contributed by atoms with Gasteiger partial charge in [-0.3, -0.25) is 4.79 Å². The number of hydrogen-bond donors (Lipinski definition) is 1. The van der Waals surface area contributed by atoms with Crippen molar-refractivity contribution in [2.45, 2.75) is 11.4 Å². The SMILES string of the molecule is COc1cc(CNS(=O)(=O)c2cccc(C(=O)N(C)C)c2)on1. The van der Waals surface area contributed by atoms with Crippen molar-refractivity contribution in [2.24, 2.45) is 0 Å². The molecule has 0 bridgehead atoms. The number of aromatic nitrogens is 1. The Balaban J connectivity index is 2.16. The summed E-state index contributed by atoms with van der Waals surface area (Å²) in [7, 11) is 0.835. The van der Waals surface area contributed by atoms with Crippen LogP contribution in [0.2, 0.25) is 0 Å². The minimum atomic E-state index is -3.79. The zero-order valence-corrected chi connectivity index (χ0v) is 13.8. The Hall–Kier alpha value is -2.39. The third-order valence-corrected chi connectivity index (χ3v) is 4.38. The Morgan fingerprint density at radius 1 is 1.35 bits per heavy atom. The number of carbonyl (C=O) groups is 1. The van der Waals surface area contributed by atoms with E-state index in [1.54, 1.807) is 20.2 Å². The first-order valence-electron chi connectivity index (χ1n) is 6.64. The molecule has 0 aliphatic heterocycles. The highest BCUT2D eigenvalue weighted by Crippen LogP contribution is 2.15. The maximum absolute atomic E-state index is 12.3. The topological polar surface area (TPSA) is 102 Å². The van der Waals surface area contributed by atoms with Gasteiger partial charge in [0, 0.05) is 25.7 Å². The fraction of sp³-hybridized carbons (Fsp3) is 0.286. The smallest absolute Gasteiger partial charge is 0.254 e. The van der Waals surface area contributed by atoms with Gasteiger partial charge < -0.3 is 14.2 Å². The normalized spacial score (nSPS) is 11.3. The highest BCUT2D eigenvalue weighted by atomic mass is 32.2. The van der Waals surface area contributed by atoms with Crippen molar-refractivity contribution in [3.63, 3.8) is 0 Å². The molecule has 2 rings (SSSR count). The number of ether oxygens (including phenoxy) is 1. The van der Waals surface area contributed by atoms with Crippen LogP contribution < -0.4 is 9.46 Å². The summed E-state index contributed by atoms with van der Waals surface area (Å²) in [6.45, 7) is -0.0788. The third kappa shape index (κ3) is 4.08. The summed E-state index contributed by atoms with van der Waals surface area (Å²) in [5.41, 5.74) is 0.291. The zero-order chi connectivity index (χ0) is 17.0. The fourth-order valence-electron chi connectivity index (χ4n) is 1.78. The molecule has 0 saturated carbocycles. The van der Waals surface area contributed by atoms with Gasteiger partial charge in [-0.15, -0.1) is 0 Å². The van der Waals surface area contributed by atoms with Gasteiger partial charge in [0.25, 0.3) is 11.8 Å². The van der Waals surface area contributed by atoms with E-state index in [1.807, 2.05) is 0 Å². The van der Waals surface area contributed by atoms with Crippen molar-refractivity contribution in [3.8, 4) is 5.88 Å². The lowest BCUT2D eigenvalue weighted by Crippen LogP contribution is -2.25. The predicted molar refractivity (Wildman–Crippen MR) is 81.5 cm³/mol. The van der Waals surface area contributed by atoms with E-state index in [-0.39, 0.29) is 23.2 Å². The van der Waals surface area contributed by atoms with Crippen LogP contribution in [0.3, 0.4) is 0 Å². The summed E-state index contributed by atoms with van der Waals surface area (Å²) < 4.78 is 36.7. The number of carbonyl (C=O) groups excluding carboxylic acids is 1. The number of benzene rings is 1. The molecule has 1 amide bonds. The van der Waals surface area contributed by atoms with Crippen molar-refractivity contribution in [2.75, 3.05) is 21.2 Å². The zero-order valence-electron chi connectivity index (χ0n) is 12.9. The summed E-state index contributed by atoms with van der Waals surface area (Å²) in [5.74, 6) is 0.297. The number of methoxy groups -OCH3 is 1. The van der Waals surface area contributed by atoms with E-state index < -0.39 is 10.0 Å². The predicted octanol–water partition coefficient (Wildman–Crippen LogP) is 0.863. The highest BCUT2D eigenvalue weighted by Gasteiger charge is 2.18. The summed E-state index contributed by atoms with van der Waals surface area (Å²) in [6.07, 6.45) is 0. The second-order valence-electron chi connectivity index (χ2n) is 4.89. The van der Waals surface area contributed by atoms with E-state index in [0.29, 0.717) is 11.3 Å². The molecule has 0 unspecified atom stereocenters. The molecule has 0 saturated heterocycles. The molecule has 1 aromatic carbocycles. The molecule has 0 spiro atoms. The van der Waals surface area contributed by atoms with Gasteiger partial charge in [0.05, 0.1) is 18.6 Å². The van der Waals surface area contributed by atoms with Crippen LogP contribution in [-0.2, 0) is 16.6 Å². The average molecular weight is 339 g/mol. The van der Waals surface area contributed by atoms with Crippen LogP contribution in [0.4, 0.5) is 0 Å². The van der Waals surface area contributed by atoms with E-state index in [9.17, 15) is 13.2 Å². The van der Waals surface area contributed by atoms with Gasteiger partial charge in [0.15, 0.2) is 5.76 Å². The van der Waals surface area contributed by atoms with Gasteiger partial charge in [0.2, 0.25) is 10.0 Å². The number of rotatable bonds is 6. The molecule has 1 heterocycles. The first kappa shape index (κ1) is 17.0. The lowest BCUT2D eigenvalue weighted by molar-refractivity contribution is 0.0827. The molecule has 0 aliphatic carbocycles. The van der Waals surface area contributed by atoms with Crippen molar-refractivity contribution in [1.82, 2.24) is 14.8 Å². The Labute approximate surface area is 134 Å². The second kappa shape index (κ2) is 6.80. The first-order chi connectivity index (χ1) is 10.8. The molecule has 8 nitrogen and oxygen atoms in total. The summed E-state index contributed by atoms with van der Waals surface area (Å²) in [5, 5.41) is 3.58. The molecular weight excluding hydrogens is 322 g/mol. The van der Waals surface area contributed by atoms with E-state index in [2.05, 4.69) is 9.88 Å². The summed E-state index contributed by atoms with van der Waals surface area (Å²) in [6, 6.07) is 7.29. The molecule has 1 aromatic heterocycles. The van der Waals surface area contributed by atoms with Crippen LogP contribution >= 0.6 is 0 Å². The molecule has 0 aliphatic rings. The highest BCUT2D eigenvalue weighted by molar-refractivity contribution is 7.89. The van der Waals surface area contributed by atoms with Crippen LogP contribution in [0.5, 0.6) is 5.88 Å². The Bertz CT molecular complexity index is 798. The first-order valence-corrected chi connectivity index (χ1v) is 8.13. The van der Waals surface area contributed by atoms with Crippen molar-refractivity contribution in [1.29, 1.82) is 0 Å². The van der Waals surface area contributed by atoms with Crippen molar-refractivity contribution < 1.29 is 22.5 Å². The summed E-state index contributed by atoms with van der Waals surface area (Å²) in [4.78, 5) is 13.3. The second-order valence-corrected chi connectivity index (χ2v) is 6.65. The largest absolute Gasteiger partial charge is 0.479 e. The number of hydrogen-bond acceptors (Lipinski definition) is 6. The Morgan fingerprint density at radius 3 is 2.70 bits per heavy atom. The van der Waals surface area contributed by atoms with Crippen LogP contribution in [0.1, 0.15) is 16.1 Å². The quantitative estimate of drug-likeness (QED) is 0.838. The van der Waals surface area contributed by atoms with E-state index in [0.717, 1.165) is 0 Å². The molecule has 0 atom stereocenters.